The number of amides is 1. The van der Waals surface area contributed by atoms with Crippen LogP contribution < -0.4 is 4.90 Å². The highest BCUT2D eigenvalue weighted by atomic mass is 16.2. The summed E-state index contributed by atoms with van der Waals surface area (Å²) < 4.78 is 0. The Morgan fingerprint density at radius 2 is 1.86 bits per heavy atom. The van der Waals surface area contributed by atoms with E-state index in [1.807, 2.05) is 55.2 Å². The molecular weight excluding hydrogens is 262 g/mol. The monoisotopic (exact) mass is 289 g/mol. The minimum atomic E-state index is 0.107. The maximum atomic E-state index is 12.5. The molecule has 0 aromatic heterocycles. The third-order valence-corrected chi connectivity index (χ3v) is 4.16. The van der Waals surface area contributed by atoms with E-state index < -0.39 is 0 Å². The maximum Gasteiger partial charge on any atom is 0.253 e. The van der Waals surface area contributed by atoms with Crippen molar-refractivity contribution in [2.24, 2.45) is 0 Å². The lowest BCUT2D eigenvalue weighted by atomic mass is 10.1. The van der Waals surface area contributed by atoms with Gasteiger partial charge in [0.05, 0.1) is 0 Å². The lowest BCUT2D eigenvalue weighted by Crippen LogP contribution is -2.38. The average Bonchev–Trinajstić information content (AvgIpc) is 2.53. The lowest BCUT2D eigenvalue weighted by molar-refractivity contribution is 0.0773. The molecule has 0 saturated carbocycles. The largest absolute Gasteiger partial charge is 0.378 e. The number of hydrogen-bond donors (Lipinski definition) is 0. The first-order chi connectivity index (χ1) is 10.1. The van der Waals surface area contributed by atoms with Gasteiger partial charge in [0, 0.05) is 45.5 Å². The minimum absolute atomic E-state index is 0.107. The molecule has 1 fully saturated rings. The van der Waals surface area contributed by atoms with Gasteiger partial charge in [-0.2, -0.15) is 0 Å². The summed E-state index contributed by atoms with van der Waals surface area (Å²) in [7, 11) is 5.88. The SMILES string of the molecule is CN(CCN1CCCCC1)C(=O)c1cccc(N(C)C)c1. The Morgan fingerprint density at radius 1 is 1.14 bits per heavy atom. The van der Waals surface area contributed by atoms with E-state index in [0.717, 1.165) is 24.3 Å². The molecule has 0 radical (unpaired) electrons. The van der Waals surface area contributed by atoms with Crippen LogP contribution in [0.25, 0.3) is 0 Å². The number of hydrogen-bond acceptors (Lipinski definition) is 3. The fourth-order valence-corrected chi connectivity index (χ4v) is 2.71. The Hall–Kier alpha value is -1.55. The molecule has 0 unspecified atom stereocenters. The molecule has 4 heteroatoms. The van der Waals surface area contributed by atoms with Gasteiger partial charge >= 0.3 is 0 Å². The van der Waals surface area contributed by atoms with Crippen molar-refractivity contribution < 1.29 is 4.79 Å². The Labute approximate surface area is 128 Å². The van der Waals surface area contributed by atoms with Crippen LogP contribution in [0.15, 0.2) is 24.3 Å². The molecule has 1 heterocycles. The van der Waals surface area contributed by atoms with Crippen molar-refractivity contribution in [3.8, 4) is 0 Å². The number of carbonyl (C=O) groups is 1. The van der Waals surface area contributed by atoms with Gasteiger partial charge in [-0.1, -0.05) is 12.5 Å². The summed E-state index contributed by atoms with van der Waals surface area (Å²) in [6.07, 6.45) is 3.94. The van der Waals surface area contributed by atoms with Crippen LogP contribution in [0.2, 0.25) is 0 Å². The van der Waals surface area contributed by atoms with E-state index in [1.165, 1.54) is 32.4 Å². The van der Waals surface area contributed by atoms with E-state index in [0.29, 0.717) is 0 Å². The molecule has 4 nitrogen and oxygen atoms in total. The molecule has 0 aliphatic carbocycles. The standard InChI is InChI=1S/C17H27N3O/c1-18(2)16-9-7-8-15(14-16)17(21)19(3)12-13-20-10-5-4-6-11-20/h7-9,14H,4-6,10-13H2,1-3H3. The first-order valence-corrected chi connectivity index (χ1v) is 7.83. The maximum absolute atomic E-state index is 12.5. The quantitative estimate of drug-likeness (QED) is 0.832. The fourth-order valence-electron chi connectivity index (χ4n) is 2.71. The Morgan fingerprint density at radius 3 is 2.52 bits per heavy atom. The second-order valence-electron chi connectivity index (χ2n) is 6.07. The van der Waals surface area contributed by atoms with Gasteiger partial charge in [0.15, 0.2) is 0 Å². The fraction of sp³-hybridized carbons (Fsp3) is 0.588. The second kappa shape index (κ2) is 7.46. The molecule has 1 amide bonds. The van der Waals surface area contributed by atoms with Crippen LogP contribution in [0.4, 0.5) is 5.69 Å². The van der Waals surface area contributed by atoms with Gasteiger partial charge in [0.25, 0.3) is 5.91 Å². The first-order valence-electron chi connectivity index (χ1n) is 7.83. The summed E-state index contributed by atoms with van der Waals surface area (Å²) in [4.78, 5) is 18.8. The highest BCUT2D eigenvalue weighted by Crippen LogP contribution is 2.15. The van der Waals surface area contributed by atoms with Crippen molar-refractivity contribution in [3.63, 3.8) is 0 Å². The average molecular weight is 289 g/mol. The van der Waals surface area contributed by atoms with Crippen molar-refractivity contribution in [1.29, 1.82) is 0 Å². The molecule has 2 rings (SSSR count). The van der Waals surface area contributed by atoms with Crippen molar-refractivity contribution in [2.75, 3.05) is 52.2 Å². The Kier molecular flexibility index (Phi) is 5.62. The van der Waals surface area contributed by atoms with Crippen LogP contribution in [-0.4, -0.2) is 63.0 Å². The molecule has 0 bridgehead atoms. The summed E-state index contributed by atoms with van der Waals surface area (Å²) in [6.45, 7) is 4.14. The summed E-state index contributed by atoms with van der Waals surface area (Å²) in [5.41, 5.74) is 1.83. The van der Waals surface area contributed by atoms with E-state index in [9.17, 15) is 4.79 Å². The van der Waals surface area contributed by atoms with Crippen LogP contribution in [-0.2, 0) is 0 Å². The number of benzene rings is 1. The van der Waals surface area contributed by atoms with Gasteiger partial charge in [-0.15, -0.1) is 0 Å². The third kappa shape index (κ3) is 4.46. The first kappa shape index (κ1) is 15.8. The second-order valence-corrected chi connectivity index (χ2v) is 6.07. The zero-order valence-electron chi connectivity index (χ0n) is 13.5. The van der Waals surface area contributed by atoms with Gasteiger partial charge in [-0.3, -0.25) is 4.79 Å². The van der Waals surface area contributed by atoms with Gasteiger partial charge in [-0.05, 0) is 44.1 Å². The molecule has 1 saturated heterocycles. The molecule has 0 N–H and O–H groups in total. The van der Waals surface area contributed by atoms with E-state index in [1.54, 1.807) is 0 Å². The highest BCUT2D eigenvalue weighted by Gasteiger charge is 2.15. The molecule has 1 aromatic carbocycles. The van der Waals surface area contributed by atoms with E-state index in [2.05, 4.69) is 4.90 Å². The van der Waals surface area contributed by atoms with E-state index in [-0.39, 0.29) is 5.91 Å². The number of piperidine rings is 1. The number of likely N-dealkylation sites (N-methyl/N-ethyl adjacent to an activating group) is 1. The molecule has 0 atom stereocenters. The molecule has 116 valence electrons. The molecule has 21 heavy (non-hydrogen) atoms. The number of carbonyl (C=O) groups excluding carboxylic acids is 1. The summed E-state index contributed by atoms with van der Waals surface area (Å²) >= 11 is 0. The Bertz CT molecular complexity index is 467. The predicted octanol–water partition coefficient (Wildman–Crippen LogP) is 2.31. The number of likely N-dealkylation sites (tertiary alicyclic amines) is 1. The van der Waals surface area contributed by atoms with Crippen molar-refractivity contribution >= 4 is 11.6 Å². The number of anilines is 1. The summed E-state index contributed by atoms with van der Waals surface area (Å²) in [6, 6.07) is 7.82. The van der Waals surface area contributed by atoms with Gasteiger partial charge < -0.3 is 14.7 Å². The topological polar surface area (TPSA) is 26.8 Å². The zero-order chi connectivity index (χ0) is 15.2. The normalized spacial score (nSPS) is 15.8. The van der Waals surface area contributed by atoms with Gasteiger partial charge in [0.2, 0.25) is 0 Å². The summed E-state index contributed by atoms with van der Waals surface area (Å²) in [5.74, 6) is 0.107. The van der Waals surface area contributed by atoms with E-state index >= 15 is 0 Å². The van der Waals surface area contributed by atoms with Gasteiger partial charge in [0.1, 0.15) is 0 Å². The minimum Gasteiger partial charge on any atom is -0.378 e. The van der Waals surface area contributed by atoms with Crippen LogP contribution in [0.1, 0.15) is 29.6 Å². The van der Waals surface area contributed by atoms with Crippen LogP contribution in [0.5, 0.6) is 0 Å². The van der Waals surface area contributed by atoms with Crippen LogP contribution >= 0.6 is 0 Å². The number of nitrogens with zero attached hydrogens (tertiary/aromatic N) is 3. The summed E-state index contributed by atoms with van der Waals surface area (Å²) in [5, 5.41) is 0. The third-order valence-electron chi connectivity index (χ3n) is 4.16. The predicted molar refractivity (Wildman–Crippen MR) is 88.0 cm³/mol. The molecule has 0 spiro atoms. The zero-order valence-corrected chi connectivity index (χ0v) is 13.5. The van der Waals surface area contributed by atoms with Crippen molar-refractivity contribution in [2.45, 2.75) is 19.3 Å². The van der Waals surface area contributed by atoms with Crippen molar-refractivity contribution in [1.82, 2.24) is 9.80 Å². The van der Waals surface area contributed by atoms with Crippen LogP contribution in [0.3, 0.4) is 0 Å². The van der Waals surface area contributed by atoms with Gasteiger partial charge in [-0.25, -0.2) is 0 Å². The Balaban J connectivity index is 1.90. The van der Waals surface area contributed by atoms with Crippen molar-refractivity contribution in [3.05, 3.63) is 29.8 Å². The molecular formula is C17H27N3O. The lowest BCUT2D eigenvalue weighted by Gasteiger charge is -2.28. The highest BCUT2D eigenvalue weighted by molar-refractivity contribution is 5.95. The molecule has 1 aliphatic rings. The van der Waals surface area contributed by atoms with E-state index in [4.69, 9.17) is 0 Å². The number of rotatable bonds is 5. The molecule has 1 aliphatic heterocycles. The van der Waals surface area contributed by atoms with Crippen LogP contribution in [0, 0.1) is 0 Å². The molecule has 1 aromatic rings. The smallest absolute Gasteiger partial charge is 0.253 e.